The molecule has 130 valence electrons. The molecule has 24 heavy (non-hydrogen) atoms. The molecule has 1 saturated heterocycles. The Bertz CT molecular complexity index is 653. The quantitative estimate of drug-likeness (QED) is 0.897. The number of carbonyl (C=O) groups is 2. The molecule has 0 aromatic heterocycles. The fraction of sp³-hybridized carbons (Fsp3) is 0.529. The number of carbonyl (C=O) groups excluding carboxylic acids is 2. The van der Waals surface area contributed by atoms with Gasteiger partial charge in [0.05, 0.1) is 5.56 Å². The topological polar surface area (TPSA) is 77.1 Å². The molecule has 7 nitrogen and oxygen atoms in total. The first-order valence-electron chi connectivity index (χ1n) is 8.01. The minimum Gasteiger partial charge on any atom is -0.454 e. The van der Waals surface area contributed by atoms with Crippen molar-refractivity contribution in [3.8, 4) is 11.5 Å². The standard InChI is InChI=1S/C17H22N2O5/c1-17(2,3)24-16(21)19-8-7-11(9-19)18-15(20)12-5-4-6-13-14(12)23-10-22-13/h4-6,11H,7-10H2,1-3H3,(H,18,20)/t11-/m1/s1. The molecule has 0 radical (unpaired) electrons. The third-order valence-electron chi connectivity index (χ3n) is 3.82. The maximum absolute atomic E-state index is 12.5. The molecule has 2 amide bonds. The molecule has 1 aromatic carbocycles. The van der Waals surface area contributed by atoms with Gasteiger partial charge >= 0.3 is 6.09 Å². The van der Waals surface area contributed by atoms with Gasteiger partial charge in [-0.2, -0.15) is 0 Å². The predicted molar refractivity (Wildman–Crippen MR) is 86.2 cm³/mol. The van der Waals surface area contributed by atoms with E-state index in [0.717, 1.165) is 0 Å². The van der Waals surface area contributed by atoms with Gasteiger partial charge in [-0.25, -0.2) is 4.79 Å². The van der Waals surface area contributed by atoms with E-state index < -0.39 is 5.60 Å². The molecule has 0 spiro atoms. The van der Waals surface area contributed by atoms with E-state index in [0.29, 0.717) is 36.6 Å². The first-order chi connectivity index (χ1) is 11.3. The van der Waals surface area contributed by atoms with E-state index in [9.17, 15) is 9.59 Å². The van der Waals surface area contributed by atoms with Gasteiger partial charge in [0.15, 0.2) is 11.5 Å². The maximum Gasteiger partial charge on any atom is 0.410 e. The molecule has 0 saturated carbocycles. The van der Waals surface area contributed by atoms with Gasteiger partial charge in [-0.05, 0) is 39.3 Å². The van der Waals surface area contributed by atoms with E-state index in [4.69, 9.17) is 14.2 Å². The van der Waals surface area contributed by atoms with Crippen molar-refractivity contribution in [3.63, 3.8) is 0 Å². The average Bonchev–Trinajstić information content (AvgIpc) is 3.13. The number of rotatable bonds is 2. The van der Waals surface area contributed by atoms with E-state index in [1.807, 2.05) is 20.8 Å². The highest BCUT2D eigenvalue weighted by Crippen LogP contribution is 2.35. The van der Waals surface area contributed by atoms with Crippen LogP contribution in [0.15, 0.2) is 18.2 Å². The van der Waals surface area contributed by atoms with Gasteiger partial charge in [-0.15, -0.1) is 0 Å². The lowest BCUT2D eigenvalue weighted by Crippen LogP contribution is -2.40. The summed E-state index contributed by atoms with van der Waals surface area (Å²) in [5.74, 6) is 0.815. The van der Waals surface area contributed by atoms with E-state index >= 15 is 0 Å². The summed E-state index contributed by atoms with van der Waals surface area (Å²) in [5.41, 5.74) is -0.0823. The second-order valence-corrected chi connectivity index (χ2v) is 6.92. The zero-order chi connectivity index (χ0) is 17.3. The van der Waals surface area contributed by atoms with Crippen LogP contribution in [-0.4, -0.2) is 48.4 Å². The van der Waals surface area contributed by atoms with Crippen LogP contribution >= 0.6 is 0 Å². The van der Waals surface area contributed by atoms with E-state index in [2.05, 4.69) is 5.32 Å². The zero-order valence-corrected chi connectivity index (χ0v) is 14.1. The lowest BCUT2D eigenvalue weighted by Gasteiger charge is -2.24. The Morgan fingerprint density at radius 3 is 2.83 bits per heavy atom. The van der Waals surface area contributed by atoms with Gasteiger partial charge in [0.25, 0.3) is 5.91 Å². The molecule has 1 fully saturated rings. The fourth-order valence-electron chi connectivity index (χ4n) is 2.74. The second kappa shape index (κ2) is 6.22. The van der Waals surface area contributed by atoms with Crippen LogP contribution in [0, 0.1) is 0 Å². The van der Waals surface area contributed by atoms with Gasteiger partial charge in [0.2, 0.25) is 6.79 Å². The minimum absolute atomic E-state index is 0.108. The van der Waals surface area contributed by atoms with E-state index in [-0.39, 0.29) is 24.8 Å². The summed E-state index contributed by atoms with van der Waals surface area (Å²) in [4.78, 5) is 26.2. The number of benzene rings is 1. The van der Waals surface area contributed by atoms with Gasteiger partial charge in [-0.1, -0.05) is 6.07 Å². The Morgan fingerprint density at radius 2 is 2.08 bits per heavy atom. The van der Waals surface area contributed by atoms with Gasteiger partial charge in [0.1, 0.15) is 5.60 Å². The van der Waals surface area contributed by atoms with Crippen molar-refractivity contribution in [2.24, 2.45) is 0 Å². The van der Waals surface area contributed by atoms with Crippen LogP contribution in [0.1, 0.15) is 37.6 Å². The Kier molecular flexibility index (Phi) is 4.26. The van der Waals surface area contributed by atoms with Crippen molar-refractivity contribution < 1.29 is 23.8 Å². The number of fused-ring (bicyclic) bond motifs is 1. The van der Waals surface area contributed by atoms with Crippen molar-refractivity contribution in [2.45, 2.75) is 38.8 Å². The molecule has 0 unspecified atom stereocenters. The van der Waals surface area contributed by atoms with Crippen LogP contribution in [0.25, 0.3) is 0 Å². The SMILES string of the molecule is CC(C)(C)OC(=O)N1CC[C@@H](NC(=O)c2cccc3c2OCO3)C1. The second-order valence-electron chi connectivity index (χ2n) is 6.92. The van der Waals surface area contributed by atoms with Gasteiger partial charge in [-0.3, -0.25) is 4.79 Å². The lowest BCUT2D eigenvalue weighted by atomic mass is 10.1. The molecule has 2 aliphatic heterocycles. The first-order valence-corrected chi connectivity index (χ1v) is 8.01. The Labute approximate surface area is 140 Å². The van der Waals surface area contributed by atoms with Crippen LogP contribution in [-0.2, 0) is 4.74 Å². The van der Waals surface area contributed by atoms with Crippen molar-refractivity contribution in [1.82, 2.24) is 10.2 Å². The number of amides is 2. The molecule has 0 bridgehead atoms. The van der Waals surface area contributed by atoms with E-state index in [1.54, 1.807) is 23.1 Å². The maximum atomic E-state index is 12.5. The number of ether oxygens (including phenoxy) is 3. The van der Waals surface area contributed by atoms with Crippen LogP contribution < -0.4 is 14.8 Å². The molecule has 2 aliphatic rings. The first kappa shape index (κ1) is 16.4. The molecule has 7 heteroatoms. The number of likely N-dealkylation sites (tertiary alicyclic amines) is 1. The molecule has 1 aromatic rings. The van der Waals surface area contributed by atoms with Crippen LogP contribution in [0.3, 0.4) is 0 Å². The lowest BCUT2D eigenvalue weighted by molar-refractivity contribution is 0.0290. The molecule has 3 rings (SSSR count). The van der Waals surface area contributed by atoms with Crippen LogP contribution in [0.4, 0.5) is 4.79 Å². The largest absolute Gasteiger partial charge is 0.454 e. The predicted octanol–water partition coefficient (Wildman–Crippen LogP) is 2.15. The fourth-order valence-corrected chi connectivity index (χ4v) is 2.74. The molecular weight excluding hydrogens is 312 g/mol. The monoisotopic (exact) mass is 334 g/mol. The number of nitrogens with zero attached hydrogens (tertiary/aromatic N) is 1. The van der Waals surface area contributed by atoms with Crippen molar-refractivity contribution in [2.75, 3.05) is 19.9 Å². The zero-order valence-electron chi connectivity index (χ0n) is 14.1. The highest BCUT2D eigenvalue weighted by molar-refractivity contribution is 5.98. The van der Waals surface area contributed by atoms with Crippen LogP contribution in [0.5, 0.6) is 11.5 Å². The summed E-state index contributed by atoms with van der Waals surface area (Å²) in [7, 11) is 0. The number of nitrogens with one attached hydrogen (secondary N) is 1. The summed E-state index contributed by atoms with van der Waals surface area (Å²) in [6.07, 6.45) is 0.341. The molecule has 0 aliphatic carbocycles. The average molecular weight is 334 g/mol. The van der Waals surface area contributed by atoms with E-state index in [1.165, 1.54) is 0 Å². The Morgan fingerprint density at radius 1 is 1.29 bits per heavy atom. The van der Waals surface area contributed by atoms with Crippen LogP contribution in [0.2, 0.25) is 0 Å². The minimum atomic E-state index is -0.527. The Hall–Kier alpha value is -2.44. The summed E-state index contributed by atoms with van der Waals surface area (Å²) in [5, 5.41) is 2.95. The number of hydrogen-bond acceptors (Lipinski definition) is 5. The highest BCUT2D eigenvalue weighted by Gasteiger charge is 2.31. The molecule has 2 heterocycles. The summed E-state index contributed by atoms with van der Waals surface area (Å²) in [6, 6.07) is 5.11. The van der Waals surface area contributed by atoms with Gasteiger partial charge in [0, 0.05) is 19.1 Å². The van der Waals surface area contributed by atoms with Crippen molar-refractivity contribution in [1.29, 1.82) is 0 Å². The third-order valence-corrected chi connectivity index (χ3v) is 3.82. The Balaban J connectivity index is 1.59. The summed E-state index contributed by atoms with van der Waals surface area (Å²) in [6.45, 7) is 6.61. The summed E-state index contributed by atoms with van der Waals surface area (Å²) >= 11 is 0. The summed E-state index contributed by atoms with van der Waals surface area (Å²) < 4.78 is 16.0. The molecule has 1 N–H and O–H groups in total. The van der Waals surface area contributed by atoms with Gasteiger partial charge < -0.3 is 24.4 Å². The third kappa shape index (κ3) is 3.55. The smallest absolute Gasteiger partial charge is 0.410 e. The number of hydrogen-bond donors (Lipinski definition) is 1. The number of para-hydroxylation sites is 1. The highest BCUT2D eigenvalue weighted by atomic mass is 16.7. The molecular formula is C17H22N2O5. The molecule has 1 atom stereocenters. The normalized spacial score (nSPS) is 19.3. The van der Waals surface area contributed by atoms with Crippen molar-refractivity contribution in [3.05, 3.63) is 23.8 Å². The van der Waals surface area contributed by atoms with Crippen molar-refractivity contribution >= 4 is 12.0 Å².